The number of carbonyl (C=O) groups is 1. The zero-order valence-electron chi connectivity index (χ0n) is 9.16. The molecule has 0 atom stereocenters. The van der Waals surface area contributed by atoms with Crippen molar-refractivity contribution >= 4 is 5.91 Å². The van der Waals surface area contributed by atoms with Crippen molar-refractivity contribution < 1.29 is 4.79 Å². The van der Waals surface area contributed by atoms with Gasteiger partial charge in [0.15, 0.2) is 0 Å². The number of primary amides is 1. The highest BCUT2D eigenvalue weighted by Gasteiger charge is 2.23. The fourth-order valence-corrected chi connectivity index (χ4v) is 1.11. The predicted octanol–water partition coefficient (Wildman–Crippen LogP) is 0.683. The van der Waals surface area contributed by atoms with Crippen molar-refractivity contribution in [3.63, 3.8) is 0 Å². The van der Waals surface area contributed by atoms with Gasteiger partial charge in [0.05, 0.1) is 5.41 Å². The summed E-state index contributed by atoms with van der Waals surface area (Å²) >= 11 is 0. The maximum absolute atomic E-state index is 11.0. The maximum atomic E-state index is 11.0. The van der Waals surface area contributed by atoms with Crippen molar-refractivity contribution in [2.45, 2.75) is 20.4 Å². The van der Waals surface area contributed by atoms with Crippen LogP contribution in [-0.4, -0.2) is 17.4 Å². The van der Waals surface area contributed by atoms with Crippen LogP contribution in [0.15, 0.2) is 24.5 Å². The molecule has 0 spiro atoms. The summed E-state index contributed by atoms with van der Waals surface area (Å²) in [5.41, 5.74) is 5.90. The molecule has 0 radical (unpaired) electrons. The fraction of sp³-hybridized carbons (Fsp3) is 0.455. The maximum Gasteiger partial charge on any atom is 0.224 e. The number of amides is 1. The molecule has 15 heavy (non-hydrogen) atoms. The number of nitrogens with two attached hydrogens (primary N) is 1. The van der Waals surface area contributed by atoms with E-state index in [1.807, 2.05) is 26.0 Å². The van der Waals surface area contributed by atoms with Crippen LogP contribution in [0.2, 0.25) is 0 Å². The molecule has 1 aromatic rings. The minimum Gasteiger partial charge on any atom is -0.369 e. The lowest BCUT2D eigenvalue weighted by Crippen LogP contribution is -2.40. The predicted molar refractivity (Wildman–Crippen MR) is 58.9 cm³/mol. The summed E-state index contributed by atoms with van der Waals surface area (Å²) in [6.45, 7) is 4.95. The molecule has 3 N–H and O–H groups in total. The van der Waals surface area contributed by atoms with Gasteiger partial charge in [-0.3, -0.25) is 9.78 Å². The second-order valence-corrected chi connectivity index (χ2v) is 4.21. The Morgan fingerprint density at radius 3 is 2.60 bits per heavy atom. The van der Waals surface area contributed by atoms with Gasteiger partial charge in [-0.2, -0.15) is 0 Å². The molecule has 1 rings (SSSR count). The van der Waals surface area contributed by atoms with Crippen LogP contribution < -0.4 is 11.1 Å². The SMILES string of the molecule is CC(C)(CNCc1ccncc1)C(N)=O. The molecular formula is C11H17N3O. The average molecular weight is 207 g/mol. The third-order valence-electron chi connectivity index (χ3n) is 2.31. The molecule has 0 bridgehead atoms. The summed E-state index contributed by atoms with van der Waals surface area (Å²) in [5.74, 6) is -0.287. The number of rotatable bonds is 5. The Labute approximate surface area is 89.9 Å². The first-order chi connectivity index (χ1) is 7.02. The van der Waals surface area contributed by atoms with Crippen LogP contribution in [0.1, 0.15) is 19.4 Å². The van der Waals surface area contributed by atoms with Gasteiger partial charge in [-0.1, -0.05) is 0 Å². The van der Waals surface area contributed by atoms with E-state index in [1.54, 1.807) is 12.4 Å². The van der Waals surface area contributed by atoms with Crippen molar-refractivity contribution in [3.8, 4) is 0 Å². The van der Waals surface area contributed by atoms with Gasteiger partial charge in [0.2, 0.25) is 5.91 Å². The van der Waals surface area contributed by atoms with E-state index in [1.165, 1.54) is 0 Å². The average Bonchev–Trinajstić information content (AvgIpc) is 2.19. The summed E-state index contributed by atoms with van der Waals surface area (Å²) in [7, 11) is 0. The second-order valence-electron chi connectivity index (χ2n) is 4.21. The number of hydrogen-bond acceptors (Lipinski definition) is 3. The highest BCUT2D eigenvalue weighted by atomic mass is 16.1. The zero-order chi connectivity index (χ0) is 11.3. The van der Waals surface area contributed by atoms with E-state index < -0.39 is 5.41 Å². The topological polar surface area (TPSA) is 68.0 Å². The van der Waals surface area contributed by atoms with Gasteiger partial charge in [0, 0.05) is 25.5 Å². The lowest BCUT2D eigenvalue weighted by atomic mass is 9.93. The first kappa shape index (κ1) is 11.7. The van der Waals surface area contributed by atoms with E-state index in [0.29, 0.717) is 6.54 Å². The third-order valence-corrected chi connectivity index (χ3v) is 2.31. The van der Waals surface area contributed by atoms with E-state index in [4.69, 9.17) is 5.73 Å². The van der Waals surface area contributed by atoms with Crippen LogP contribution in [0, 0.1) is 5.41 Å². The molecule has 0 aromatic carbocycles. The van der Waals surface area contributed by atoms with Gasteiger partial charge in [0.1, 0.15) is 0 Å². The van der Waals surface area contributed by atoms with Gasteiger partial charge < -0.3 is 11.1 Å². The molecule has 1 amide bonds. The van der Waals surface area contributed by atoms with Gasteiger partial charge in [0.25, 0.3) is 0 Å². The summed E-state index contributed by atoms with van der Waals surface area (Å²) < 4.78 is 0. The molecule has 4 heteroatoms. The minimum atomic E-state index is -0.507. The quantitative estimate of drug-likeness (QED) is 0.746. The third kappa shape index (κ3) is 3.67. The van der Waals surface area contributed by atoms with E-state index in [2.05, 4.69) is 10.3 Å². The highest BCUT2D eigenvalue weighted by Crippen LogP contribution is 2.12. The van der Waals surface area contributed by atoms with E-state index in [9.17, 15) is 4.79 Å². The molecular weight excluding hydrogens is 190 g/mol. The summed E-state index contributed by atoms with van der Waals surface area (Å²) in [6.07, 6.45) is 3.49. The van der Waals surface area contributed by atoms with Crippen LogP contribution in [0.4, 0.5) is 0 Å². The largest absolute Gasteiger partial charge is 0.369 e. The lowest BCUT2D eigenvalue weighted by molar-refractivity contribution is -0.125. The highest BCUT2D eigenvalue weighted by molar-refractivity contribution is 5.80. The van der Waals surface area contributed by atoms with Crippen LogP contribution in [0.25, 0.3) is 0 Å². The summed E-state index contributed by atoms with van der Waals surface area (Å²) in [4.78, 5) is 15.0. The second kappa shape index (κ2) is 4.89. The molecule has 1 aromatic heterocycles. The first-order valence-electron chi connectivity index (χ1n) is 4.92. The Morgan fingerprint density at radius 1 is 1.47 bits per heavy atom. The summed E-state index contributed by atoms with van der Waals surface area (Å²) in [5, 5.41) is 3.19. The standard InChI is InChI=1S/C11H17N3O/c1-11(2,10(12)15)8-14-7-9-3-5-13-6-4-9/h3-6,14H,7-8H2,1-2H3,(H2,12,15). The molecule has 0 fully saturated rings. The molecule has 0 aliphatic heterocycles. The van der Waals surface area contributed by atoms with Crippen molar-refractivity contribution in [2.75, 3.05) is 6.54 Å². The smallest absolute Gasteiger partial charge is 0.224 e. The summed E-state index contributed by atoms with van der Waals surface area (Å²) in [6, 6.07) is 3.87. The number of nitrogens with zero attached hydrogens (tertiary/aromatic N) is 1. The lowest BCUT2D eigenvalue weighted by Gasteiger charge is -2.20. The number of nitrogens with one attached hydrogen (secondary N) is 1. The molecule has 0 aliphatic rings. The van der Waals surface area contributed by atoms with Crippen molar-refractivity contribution in [1.29, 1.82) is 0 Å². The van der Waals surface area contributed by atoms with Crippen molar-refractivity contribution in [2.24, 2.45) is 11.1 Å². The molecule has 1 heterocycles. The molecule has 0 aliphatic carbocycles. The van der Waals surface area contributed by atoms with Gasteiger partial charge in [-0.25, -0.2) is 0 Å². The fourth-order valence-electron chi connectivity index (χ4n) is 1.11. The number of pyridine rings is 1. The van der Waals surface area contributed by atoms with E-state index in [-0.39, 0.29) is 5.91 Å². The normalized spacial score (nSPS) is 11.3. The Balaban J connectivity index is 2.37. The monoisotopic (exact) mass is 207 g/mol. The van der Waals surface area contributed by atoms with Gasteiger partial charge >= 0.3 is 0 Å². The Hall–Kier alpha value is -1.42. The number of hydrogen-bond donors (Lipinski definition) is 2. The molecule has 0 saturated carbocycles. The van der Waals surface area contributed by atoms with E-state index >= 15 is 0 Å². The van der Waals surface area contributed by atoms with Crippen LogP contribution in [0.5, 0.6) is 0 Å². The van der Waals surface area contributed by atoms with Gasteiger partial charge in [-0.15, -0.1) is 0 Å². The molecule has 82 valence electrons. The van der Waals surface area contributed by atoms with Crippen molar-refractivity contribution in [1.82, 2.24) is 10.3 Å². The Bertz CT molecular complexity index is 322. The van der Waals surface area contributed by atoms with Crippen molar-refractivity contribution in [3.05, 3.63) is 30.1 Å². The number of aromatic nitrogens is 1. The molecule has 0 saturated heterocycles. The van der Waals surface area contributed by atoms with Crippen LogP contribution >= 0.6 is 0 Å². The first-order valence-corrected chi connectivity index (χ1v) is 4.92. The Morgan fingerprint density at radius 2 is 2.07 bits per heavy atom. The Kier molecular flexibility index (Phi) is 3.80. The zero-order valence-corrected chi connectivity index (χ0v) is 9.16. The van der Waals surface area contributed by atoms with Crippen LogP contribution in [-0.2, 0) is 11.3 Å². The molecule has 4 nitrogen and oxygen atoms in total. The van der Waals surface area contributed by atoms with E-state index in [0.717, 1.165) is 12.1 Å². The molecule has 0 unspecified atom stereocenters. The number of carbonyl (C=O) groups excluding carboxylic acids is 1. The minimum absolute atomic E-state index is 0.287. The van der Waals surface area contributed by atoms with Gasteiger partial charge in [-0.05, 0) is 31.5 Å². The van der Waals surface area contributed by atoms with Crippen LogP contribution in [0.3, 0.4) is 0 Å².